The Labute approximate surface area is 184 Å². The normalized spacial score (nSPS) is 35.2. The number of aliphatic carboxylic acids is 1. The van der Waals surface area contributed by atoms with Gasteiger partial charge in [-0.1, -0.05) is 29.5 Å². The first-order valence-corrected chi connectivity index (χ1v) is 11.8. The van der Waals surface area contributed by atoms with E-state index in [0.717, 1.165) is 38.1 Å². The van der Waals surface area contributed by atoms with Crippen molar-refractivity contribution in [1.82, 2.24) is 9.88 Å². The number of fused-ring (bicyclic) bond motifs is 9. The Balaban J connectivity index is 1.47. The monoisotopic (exact) mass is 458 g/mol. The lowest BCUT2D eigenvalue weighted by Crippen LogP contribution is -2.42. The van der Waals surface area contributed by atoms with E-state index in [1.165, 1.54) is 0 Å². The van der Waals surface area contributed by atoms with Gasteiger partial charge >= 0.3 is 10.8 Å². The van der Waals surface area contributed by atoms with Gasteiger partial charge in [-0.25, -0.2) is 0 Å². The summed E-state index contributed by atoms with van der Waals surface area (Å²) in [4.78, 5) is 54.0. The lowest BCUT2D eigenvalue weighted by molar-refractivity contribution is -0.149. The van der Waals surface area contributed by atoms with Crippen molar-refractivity contribution in [2.45, 2.75) is 22.6 Å². The molecule has 3 fully saturated rings. The van der Waals surface area contributed by atoms with Crippen LogP contribution in [0.3, 0.4) is 0 Å². The lowest BCUT2D eigenvalue weighted by atomic mass is 9.68. The lowest BCUT2D eigenvalue weighted by Gasteiger charge is -2.43. The molecule has 1 aromatic carbocycles. The zero-order chi connectivity index (χ0) is 21.6. The maximum absolute atomic E-state index is 13.1. The predicted octanol–water partition coefficient (Wildman–Crippen LogP) is 1.70. The third kappa shape index (κ3) is 2.48. The number of nitrogens with one attached hydrogen (secondary N) is 1. The molecule has 160 valence electrons. The average molecular weight is 459 g/mol. The highest BCUT2D eigenvalue weighted by Crippen LogP contribution is 2.68. The van der Waals surface area contributed by atoms with E-state index in [0.29, 0.717) is 0 Å². The molecule has 2 amide bonds. The number of rotatable bonds is 3. The molecule has 0 unspecified atom stereocenters. The van der Waals surface area contributed by atoms with Gasteiger partial charge in [0.15, 0.2) is 0 Å². The summed E-state index contributed by atoms with van der Waals surface area (Å²) in [6.45, 7) is -0.601. The molecule has 2 saturated carbocycles. The number of carboxylic acids is 1. The number of H-pyrrole nitrogens is 1. The highest BCUT2D eigenvalue weighted by molar-refractivity contribution is 8.00. The van der Waals surface area contributed by atoms with E-state index in [9.17, 15) is 24.3 Å². The van der Waals surface area contributed by atoms with E-state index in [1.807, 2.05) is 12.1 Å². The first-order valence-electron chi connectivity index (χ1n) is 10.1. The van der Waals surface area contributed by atoms with Gasteiger partial charge in [0.1, 0.15) is 12.3 Å². The number of amides is 2. The number of aromatic amines is 1. The van der Waals surface area contributed by atoms with Crippen LogP contribution >= 0.6 is 23.1 Å². The molecule has 2 aromatic rings. The van der Waals surface area contributed by atoms with Crippen molar-refractivity contribution in [3.63, 3.8) is 0 Å². The molecule has 0 spiro atoms. The third-order valence-corrected chi connectivity index (χ3v) is 9.97. The molecule has 1 saturated heterocycles. The summed E-state index contributed by atoms with van der Waals surface area (Å²) in [7, 11) is 0. The minimum absolute atomic E-state index is 0.00938. The molecule has 7 atom stereocenters. The second-order valence-electron chi connectivity index (χ2n) is 8.68. The summed E-state index contributed by atoms with van der Waals surface area (Å²) in [5, 5.41) is 20.6. The minimum atomic E-state index is -1.20. The number of aromatic hydroxyl groups is 1. The molecule has 3 heterocycles. The molecule has 3 N–H and O–H groups in total. The van der Waals surface area contributed by atoms with Gasteiger partial charge in [0.2, 0.25) is 11.8 Å². The Bertz CT molecular complexity index is 1200. The second-order valence-corrected chi connectivity index (χ2v) is 10.9. The summed E-state index contributed by atoms with van der Waals surface area (Å²) in [5.41, 5.74) is 0.720. The number of phenolic OH excluding ortho intramolecular Hbond substituents is 1. The number of hydrogen-bond acceptors (Lipinski definition) is 7. The fourth-order valence-electron chi connectivity index (χ4n) is 6.47. The van der Waals surface area contributed by atoms with Gasteiger partial charge in [0.25, 0.3) is 0 Å². The smallest absolute Gasteiger partial charge is 0.323 e. The van der Waals surface area contributed by atoms with E-state index >= 15 is 0 Å². The number of benzene rings is 1. The Morgan fingerprint density at radius 2 is 1.84 bits per heavy atom. The molecule has 2 aliphatic carbocycles. The third-order valence-electron chi connectivity index (χ3n) is 7.38. The maximum Gasteiger partial charge on any atom is 0.323 e. The molecule has 1 aromatic heterocycles. The van der Waals surface area contributed by atoms with Gasteiger partial charge in [0.05, 0.1) is 16.9 Å². The number of imide groups is 1. The van der Waals surface area contributed by atoms with Gasteiger partial charge in [-0.15, -0.1) is 11.8 Å². The van der Waals surface area contributed by atoms with Crippen molar-refractivity contribution < 1.29 is 24.6 Å². The fraction of sp³-hybridized carbons (Fsp3) is 0.429. The molecular formula is C21H18N2O6S2. The van der Waals surface area contributed by atoms with Gasteiger partial charge in [-0.3, -0.25) is 24.1 Å². The number of nitrogens with zero attached hydrogens (tertiary/aromatic N) is 1. The fourth-order valence-corrected chi connectivity index (χ4v) is 9.35. The standard InChI is InChI=1S/C21H18N2O6S2/c24-10-4-2-1-3-7(10)12-13-8-5-9(16(13)30-18-17(12)31-21(29)22-18)15-14(8)19(27)23(20(15)28)6-11(25)26/h1-4,8-9,12-16,24H,5-6H2,(H,22,29)(H,25,26)/t8-,9-,12+,13-,14+,15-,16-/m1/s1. The van der Waals surface area contributed by atoms with E-state index in [-0.39, 0.29) is 45.5 Å². The Hall–Kier alpha value is -2.59. The van der Waals surface area contributed by atoms with Crippen molar-refractivity contribution in [1.29, 1.82) is 0 Å². The first kappa shape index (κ1) is 19.1. The van der Waals surface area contributed by atoms with Gasteiger partial charge in [-0.2, -0.15) is 0 Å². The molecular weight excluding hydrogens is 440 g/mol. The number of phenols is 1. The highest BCUT2D eigenvalue weighted by Gasteiger charge is 2.69. The minimum Gasteiger partial charge on any atom is -0.508 e. The largest absolute Gasteiger partial charge is 0.508 e. The number of carbonyl (C=O) groups is 3. The number of para-hydroxylation sites is 1. The van der Waals surface area contributed by atoms with Crippen molar-refractivity contribution >= 4 is 40.9 Å². The van der Waals surface area contributed by atoms with Crippen LogP contribution in [-0.2, 0) is 14.4 Å². The molecule has 2 bridgehead atoms. The Kier molecular flexibility index (Phi) is 3.98. The molecule has 8 nitrogen and oxygen atoms in total. The molecule has 4 aliphatic rings. The van der Waals surface area contributed by atoms with Crippen molar-refractivity contribution in [2.24, 2.45) is 29.6 Å². The quantitative estimate of drug-likeness (QED) is 0.597. The molecule has 6 rings (SSSR count). The number of likely N-dealkylation sites (tertiary alicyclic amines) is 1. The molecule has 0 radical (unpaired) electrons. The highest BCUT2D eigenvalue weighted by atomic mass is 32.2. The number of hydrogen-bond donors (Lipinski definition) is 3. The first-order chi connectivity index (χ1) is 14.9. The van der Waals surface area contributed by atoms with Crippen molar-refractivity contribution in [3.05, 3.63) is 44.4 Å². The predicted molar refractivity (Wildman–Crippen MR) is 111 cm³/mol. The summed E-state index contributed by atoms with van der Waals surface area (Å²) in [6.07, 6.45) is 0.722. The van der Waals surface area contributed by atoms with Gasteiger partial charge in [-0.05, 0) is 30.2 Å². The second kappa shape index (κ2) is 6.46. The van der Waals surface area contributed by atoms with Crippen LogP contribution in [0.5, 0.6) is 5.75 Å². The van der Waals surface area contributed by atoms with Gasteiger partial charge in [0, 0.05) is 21.6 Å². The van der Waals surface area contributed by atoms with Gasteiger partial charge < -0.3 is 15.2 Å². The zero-order valence-electron chi connectivity index (χ0n) is 16.1. The molecule has 10 heteroatoms. The van der Waals surface area contributed by atoms with Crippen molar-refractivity contribution in [2.75, 3.05) is 6.54 Å². The van der Waals surface area contributed by atoms with E-state index in [1.54, 1.807) is 23.9 Å². The van der Waals surface area contributed by atoms with Crippen LogP contribution in [0.4, 0.5) is 0 Å². The van der Waals surface area contributed by atoms with Crippen LogP contribution < -0.4 is 4.87 Å². The van der Waals surface area contributed by atoms with E-state index in [2.05, 4.69) is 4.98 Å². The SMILES string of the molecule is O=C(O)CN1C(=O)[C@@H]2[C@H]3C[C@@H]([C@@H]2C1=O)[C@@H]1[C@H](c2ccccc2O)c2sc(=O)[nH]c2S[C@H]31. The Morgan fingerprint density at radius 1 is 1.13 bits per heavy atom. The summed E-state index contributed by atoms with van der Waals surface area (Å²) in [6, 6.07) is 7.06. The van der Waals surface area contributed by atoms with Crippen LogP contribution in [-0.4, -0.2) is 49.7 Å². The number of thioether (sulfide) groups is 1. The molecule has 2 aliphatic heterocycles. The number of thiazole rings is 1. The average Bonchev–Trinajstić information content (AvgIpc) is 3.44. The van der Waals surface area contributed by atoms with E-state index in [4.69, 9.17) is 5.11 Å². The summed E-state index contributed by atoms with van der Waals surface area (Å²) >= 11 is 2.69. The van der Waals surface area contributed by atoms with Crippen LogP contribution in [0, 0.1) is 29.6 Å². The molecule has 31 heavy (non-hydrogen) atoms. The number of aromatic nitrogens is 1. The van der Waals surface area contributed by atoms with Crippen LogP contribution in [0.2, 0.25) is 0 Å². The summed E-state index contributed by atoms with van der Waals surface area (Å²) < 4.78 is 0. The zero-order valence-corrected chi connectivity index (χ0v) is 17.7. The van der Waals surface area contributed by atoms with Crippen LogP contribution in [0.15, 0.2) is 34.1 Å². The maximum atomic E-state index is 13.1. The van der Waals surface area contributed by atoms with Crippen LogP contribution in [0.1, 0.15) is 22.8 Å². The topological polar surface area (TPSA) is 128 Å². The van der Waals surface area contributed by atoms with Crippen LogP contribution in [0.25, 0.3) is 0 Å². The number of carbonyl (C=O) groups excluding carboxylic acids is 2. The van der Waals surface area contributed by atoms with E-state index < -0.39 is 30.3 Å². The Morgan fingerprint density at radius 3 is 2.55 bits per heavy atom. The number of carboxylic acid groups (broad SMARTS) is 1. The summed E-state index contributed by atoms with van der Waals surface area (Å²) in [5.74, 6) is -3.29. The van der Waals surface area contributed by atoms with Crippen molar-refractivity contribution in [3.8, 4) is 5.75 Å².